The van der Waals surface area contributed by atoms with Crippen LogP contribution in [0.5, 0.6) is 11.5 Å². The van der Waals surface area contributed by atoms with E-state index in [1.54, 1.807) is 16.7 Å². The van der Waals surface area contributed by atoms with Crippen LogP contribution in [-0.2, 0) is 13.1 Å². The molecular weight excluding hydrogens is 528 g/mol. The quantitative estimate of drug-likeness (QED) is 0.322. The molecule has 5 rings (SSSR count). The van der Waals surface area contributed by atoms with Crippen molar-refractivity contribution in [3.05, 3.63) is 74.6 Å². The molecular formula is C30H36N4O7. The third kappa shape index (κ3) is 6.00. The molecule has 3 aromatic rings. The Balaban J connectivity index is 1.34. The third-order valence-electron chi connectivity index (χ3n) is 8.15. The summed E-state index contributed by atoms with van der Waals surface area (Å²) < 4.78 is 12.9. The normalized spacial score (nSPS) is 19.2. The van der Waals surface area contributed by atoms with E-state index < -0.39 is 11.0 Å². The van der Waals surface area contributed by atoms with Crippen LogP contribution in [0.1, 0.15) is 39.2 Å². The number of nitro groups is 1. The van der Waals surface area contributed by atoms with Gasteiger partial charge in [-0.2, -0.15) is 0 Å². The molecule has 2 aliphatic heterocycles. The number of aromatic nitrogens is 1. The van der Waals surface area contributed by atoms with Gasteiger partial charge in [-0.25, -0.2) is 4.79 Å². The summed E-state index contributed by atoms with van der Waals surface area (Å²) in [6.07, 6.45) is 0.338. The average molecular weight is 565 g/mol. The zero-order valence-electron chi connectivity index (χ0n) is 23.6. The van der Waals surface area contributed by atoms with E-state index in [9.17, 15) is 24.8 Å². The molecule has 2 unspecified atom stereocenters. The van der Waals surface area contributed by atoms with Crippen LogP contribution < -0.4 is 15.0 Å². The molecule has 1 N–H and O–H groups in total. The third-order valence-corrected chi connectivity index (χ3v) is 8.15. The minimum Gasteiger partial charge on any atom is -0.486 e. The van der Waals surface area contributed by atoms with Crippen molar-refractivity contribution < 1.29 is 24.3 Å². The molecule has 2 aliphatic rings. The highest BCUT2D eigenvalue weighted by Crippen LogP contribution is 2.36. The van der Waals surface area contributed by atoms with Crippen LogP contribution in [-0.4, -0.2) is 68.9 Å². The molecule has 0 spiro atoms. The number of nitro benzene ring substituents is 1. The second-order valence-electron chi connectivity index (χ2n) is 11.8. The minimum absolute atomic E-state index is 0.0311. The Morgan fingerprint density at radius 1 is 1.10 bits per heavy atom. The summed E-state index contributed by atoms with van der Waals surface area (Å²) in [7, 11) is 0. The molecule has 218 valence electrons. The molecule has 1 aromatic heterocycles. The lowest BCUT2D eigenvalue weighted by molar-refractivity contribution is -0.383. The van der Waals surface area contributed by atoms with Crippen molar-refractivity contribution in [3.8, 4) is 11.5 Å². The number of benzene rings is 2. The predicted octanol–water partition coefficient (Wildman–Crippen LogP) is 4.74. The van der Waals surface area contributed by atoms with Crippen molar-refractivity contribution in [2.24, 2.45) is 5.41 Å². The van der Waals surface area contributed by atoms with Gasteiger partial charge < -0.3 is 24.0 Å². The number of hydrogen-bond donors (Lipinski definition) is 1. The number of ether oxygens (including phenoxy) is 2. The predicted molar refractivity (Wildman–Crippen MR) is 154 cm³/mol. The van der Waals surface area contributed by atoms with Crippen LogP contribution in [0.15, 0.2) is 53.3 Å². The van der Waals surface area contributed by atoms with Gasteiger partial charge in [-0.1, -0.05) is 32.9 Å². The Kier molecular flexibility index (Phi) is 7.90. The van der Waals surface area contributed by atoms with Gasteiger partial charge >= 0.3 is 6.09 Å². The lowest BCUT2D eigenvalue weighted by atomic mass is 9.78. The molecule has 0 aliphatic carbocycles. The van der Waals surface area contributed by atoms with Gasteiger partial charge in [-0.15, -0.1) is 0 Å². The van der Waals surface area contributed by atoms with E-state index >= 15 is 0 Å². The molecule has 1 saturated heterocycles. The number of carboxylic acid groups (broad SMARTS) is 1. The summed E-state index contributed by atoms with van der Waals surface area (Å²) >= 11 is 0. The number of likely N-dealkylation sites (tertiary alicyclic amines) is 1. The van der Waals surface area contributed by atoms with Crippen molar-refractivity contribution in [3.63, 3.8) is 0 Å². The van der Waals surface area contributed by atoms with E-state index in [1.807, 2.05) is 18.2 Å². The number of amides is 1. The maximum atomic E-state index is 12.8. The zero-order valence-corrected chi connectivity index (χ0v) is 23.6. The summed E-state index contributed by atoms with van der Waals surface area (Å²) in [5.74, 6) is 1.30. The number of carbonyl (C=O) groups is 1. The molecule has 1 amide bonds. The molecule has 11 nitrogen and oxygen atoms in total. The SMILES string of the molecule is CC(C)(C)C1CC(N(Cc2ccc3c(c2)OCCO3)C(=O)O)CCN1CCn1c(=O)ccc2c([N+](=O)[O-])cccc21. The molecule has 41 heavy (non-hydrogen) atoms. The summed E-state index contributed by atoms with van der Waals surface area (Å²) in [5, 5.41) is 22.2. The highest BCUT2D eigenvalue weighted by Gasteiger charge is 2.39. The standard InChI is InChI=1S/C30H36N4O7/c1-30(2,3)27-18-21(33(29(36)37)19-20-7-9-25-26(17-20)41-16-15-40-25)11-12-31(27)13-14-32-23-5-4-6-24(34(38)39)22(23)8-10-28(32)35/h4-10,17,21,27H,11-16,18-19H2,1-3H3,(H,36,37). The number of piperidine rings is 1. The maximum absolute atomic E-state index is 12.8. The molecule has 2 aromatic carbocycles. The summed E-state index contributed by atoms with van der Waals surface area (Å²) in [6, 6.07) is 13.1. The first-order valence-corrected chi connectivity index (χ1v) is 13.9. The van der Waals surface area contributed by atoms with E-state index in [-0.39, 0.29) is 35.3 Å². The highest BCUT2D eigenvalue weighted by molar-refractivity contribution is 5.88. The van der Waals surface area contributed by atoms with Crippen molar-refractivity contribution in [2.75, 3.05) is 26.3 Å². The van der Waals surface area contributed by atoms with Gasteiger partial charge in [0.25, 0.3) is 11.2 Å². The van der Waals surface area contributed by atoms with E-state index in [0.29, 0.717) is 68.1 Å². The van der Waals surface area contributed by atoms with E-state index in [0.717, 1.165) is 5.56 Å². The van der Waals surface area contributed by atoms with Gasteiger partial charge in [0.15, 0.2) is 11.5 Å². The monoisotopic (exact) mass is 564 g/mol. The van der Waals surface area contributed by atoms with Gasteiger partial charge in [0, 0.05) is 50.4 Å². The molecule has 0 saturated carbocycles. The first kappa shape index (κ1) is 28.4. The van der Waals surface area contributed by atoms with Gasteiger partial charge in [0.1, 0.15) is 13.2 Å². The van der Waals surface area contributed by atoms with Gasteiger partial charge in [-0.3, -0.25) is 19.8 Å². The minimum atomic E-state index is -0.963. The van der Waals surface area contributed by atoms with Crippen molar-refractivity contribution >= 4 is 22.7 Å². The lowest BCUT2D eigenvalue weighted by Gasteiger charge is -2.48. The Hall–Kier alpha value is -4.12. The second-order valence-corrected chi connectivity index (χ2v) is 11.8. The Labute approximate surface area is 238 Å². The molecule has 3 heterocycles. The van der Waals surface area contributed by atoms with Gasteiger partial charge in [0.2, 0.25) is 0 Å². The summed E-state index contributed by atoms with van der Waals surface area (Å²) in [6.45, 7) is 9.24. The van der Waals surface area contributed by atoms with Crippen molar-refractivity contribution in [1.29, 1.82) is 0 Å². The van der Waals surface area contributed by atoms with E-state index in [1.165, 1.54) is 23.1 Å². The number of fused-ring (bicyclic) bond motifs is 2. The Bertz CT molecular complexity index is 1510. The molecule has 2 atom stereocenters. The fourth-order valence-corrected chi connectivity index (χ4v) is 6.11. The van der Waals surface area contributed by atoms with Crippen LogP contribution in [0.4, 0.5) is 10.5 Å². The van der Waals surface area contributed by atoms with Crippen LogP contribution in [0.2, 0.25) is 0 Å². The maximum Gasteiger partial charge on any atom is 0.407 e. The lowest BCUT2D eigenvalue weighted by Crippen LogP contribution is -2.55. The first-order valence-electron chi connectivity index (χ1n) is 13.9. The average Bonchev–Trinajstić information content (AvgIpc) is 2.94. The number of nitrogens with zero attached hydrogens (tertiary/aromatic N) is 4. The molecule has 1 fully saturated rings. The summed E-state index contributed by atoms with van der Waals surface area (Å²) in [5.41, 5.74) is 0.983. The summed E-state index contributed by atoms with van der Waals surface area (Å²) in [4.78, 5) is 40.2. The number of pyridine rings is 1. The molecule has 0 radical (unpaired) electrons. The van der Waals surface area contributed by atoms with E-state index in [2.05, 4.69) is 25.7 Å². The Morgan fingerprint density at radius 3 is 2.56 bits per heavy atom. The van der Waals surface area contributed by atoms with Crippen LogP contribution in [0.3, 0.4) is 0 Å². The fourth-order valence-electron chi connectivity index (χ4n) is 6.11. The van der Waals surface area contributed by atoms with E-state index in [4.69, 9.17) is 9.47 Å². The van der Waals surface area contributed by atoms with Crippen LogP contribution in [0, 0.1) is 15.5 Å². The number of hydrogen-bond acceptors (Lipinski definition) is 7. The van der Waals surface area contributed by atoms with Crippen LogP contribution >= 0.6 is 0 Å². The molecule has 0 bridgehead atoms. The highest BCUT2D eigenvalue weighted by atomic mass is 16.6. The van der Waals surface area contributed by atoms with Crippen LogP contribution in [0.25, 0.3) is 10.9 Å². The van der Waals surface area contributed by atoms with Gasteiger partial charge in [0.05, 0.1) is 15.8 Å². The zero-order chi connectivity index (χ0) is 29.3. The smallest absolute Gasteiger partial charge is 0.407 e. The number of rotatable bonds is 7. The molecule has 11 heteroatoms. The fraction of sp³-hybridized carbons (Fsp3) is 0.467. The second kappa shape index (κ2) is 11.4. The van der Waals surface area contributed by atoms with Crippen molar-refractivity contribution in [1.82, 2.24) is 14.4 Å². The first-order chi connectivity index (χ1) is 19.5. The van der Waals surface area contributed by atoms with Crippen molar-refractivity contribution in [2.45, 2.75) is 58.8 Å². The Morgan fingerprint density at radius 2 is 1.85 bits per heavy atom. The number of non-ortho nitro benzene ring substituents is 1. The largest absolute Gasteiger partial charge is 0.486 e. The topological polar surface area (TPSA) is 127 Å². The van der Waals surface area contributed by atoms with Gasteiger partial charge in [-0.05, 0) is 48.1 Å².